The first-order valence-electron chi connectivity index (χ1n) is 19.0. The van der Waals surface area contributed by atoms with Crippen molar-refractivity contribution in [2.75, 3.05) is 0 Å². The van der Waals surface area contributed by atoms with Gasteiger partial charge >= 0.3 is 0 Å². The van der Waals surface area contributed by atoms with Crippen LogP contribution in [-0.2, 0) is 0 Å². The smallest absolute Gasteiger partial charge is 0.217 e. The number of halogens is 3. The third-order valence-corrected chi connectivity index (χ3v) is 10.8. The molecule has 0 atom stereocenters. The van der Waals surface area contributed by atoms with Crippen LogP contribution >= 0.6 is 34.8 Å². The van der Waals surface area contributed by atoms with Crippen LogP contribution in [0.3, 0.4) is 0 Å². The van der Waals surface area contributed by atoms with Gasteiger partial charge in [-0.1, -0.05) is 34.8 Å². The molecule has 0 radical (unpaired) electrons. The van der Waals surface area contributed by atoms with Crippen molar-refractivity contribution >= 4 is 69.5 Å². The Morgan fingerprint density at radius 3 is 1.11 bits per heavy atom. The fraction of sp³-hybridized carbons (Fsp3) is 0.0870. The van der Waals surface area contributed by atoms with Gasteiger partial charge in [-0.25, -0.2) is 18.7 Å². The number of Topliss-reactive ketones (excluding diaryl/α,β-unsaturated/α-hetero) is 3. The highest BCUT2D eigenvalue weighted by Crippen LogP contribution is 2.29. The van der Waals surface area contributed by atoms with Crippen molar-refractivity contribution in [3.8, 4) is 22.7 Å². The van der Waals surface area contributed by atoms with E-state index in [1.807, 2.05) is 0 Å². The van der Waals surface area contributed by atoms with Crippen LogP contribution in [0, 0.1) is 6.92 Å². The Kier molecular flexibility index (Phi) is 11.3. The van der Waals surface area contributed by atoms with Crippen molar-refractivity contribution in [1.29, 1.82) is 0 Å². The first-order valence-corrected chi connectivity index (χ1v) is 20.2. The molecule has 0 aliphatic carbocycles. The summed E-state index contributed by atoms with van der Waals surface area (Å²) in [6.07, 6.45) is 4.23. The minimum Gasteiger partial charge on any atom is -0.293 e. The first kappa shape index (κ1) is 42.3. The van der Waals surface area contributed by atoms with Gasteiger partial charge in [0, 0.05) is 60.0 Å². The number of hydrogen-bond donors (Lipinski definition) is 0. The van der Waals surface area contributed by atoms with Gasteiger partial charge in [-0.05, 0) is 104 Å². The van der Waals surface area contributed by atoms with E-state index < -0.39 is 34.7 Å². The molecule has 0 spiro atoms. The van der Waals surface area contributed by atoms with Crippen molar-refractivity contribution in [2.45, 2.75) is 27.7 Å². The Bertz CT molecular complexity index is 3180. The lowest BCUT2D eigenvalue weighted by Gasteiger charge is -2.07. The minimum absolute atomic E-state index is 0.0260. The van der Waals surface area contributed by atoms with Gasteiger partial charge in [0.15, 0.2) is 23.1 Å². The van der Waals surface area contributed by atoms with Crippen molar-refractivity contribution in [3.63, 3.8) is 0 Å². The normalized spacial score (nSPS) is 11.2. The van der Waals surface area contributed by atoms with E-state index in [0.717, 1.165) is 0 Å². The zero-order valence-corrected chi connectivity index (χ0v) is 35.9. The molecular formula is C46H31Cl3N8O6. The fourth-order valence-electron chi connectivity index (χ4n) is 6.93. The quantitative estimate of drug-likeness (QED) is 0.102. The van der Waals surface area contributed by atoms with Crippen molar-refractivity contribution in [3.05, 3.63) is 187 Å². The molecule has 63 heavy (non-hydrogen) atoms. The highest BCUT2D eigenvalue weighted by Gasteiger charge is 2.34. The number of rotatable bonds is 13. The number of nitrogens with zero attached hydrogens (tertiary/aromatic N) is 8. The van der Waals surface area contributed by atoms with Gasteiger partial charge in [-0.15, -0.1) is 0 Å². The van der Waals surface area contributed by atoms with Gasteiger partial charge in [-0.2, -0.15) is 20.4 Å². The van der Waals surface area contributed by atoms with Crippen LogP contribution in [0.1, 0.15) is 106 Å². The van der Waals surface area contributed by atoms with Gasteiger partial charge in [0.2, 0.25) is 11.6 Å². The molecule has 0 aliphatic heterocycles. The molecule has 0 unspecified atom stereocenters. The second-order valence-electron chi connectivity index (χ2n) is 14.4. The van der Waals surface area contributed by atoms with Crippen LogP contribution in [-0.4, -0.2) is 73.8 Å². The first-order chi connectivity index (χ1) is 30.1. The molecule has 0 amide bonds. The van der Waals surface area contributed by atoms with Gasteiger partial charge in [0.1, 0.15) is 22.8 Å². The highest BCUT2D eigenvalue weighted by molar-refractivity contribution is 6.31. The Balaban J connectivity index is 1.24. The summed E-state index contributed by atoms with van der Waals surface area (Å²) in [5, 5.41) is 19.3. The summed E-state index contributed by atoms with van der Waals surface area (Å²) in [6, 6.07) is 26.0. The summed E-state index contributed by atoms with van der Waals surface area (Å²) in [7, 11) is 0. The van der Waals surface area contributed by atoms with Gasteiger partial charge in [0.05, 0.1) is 50.7 Å². The summed E-state index contributed by atoms with van der Waals surface area (Å²) < 4.78 is 5.48. The zero-order valence-electron chi connectivity index (χ0n) is 33.6. The Hall–Kier alpha value is -7.39. The molecule has 0 saturated carbocycles. The molecule has 0 N–H and O–H groups in total. The average Bonchev–Trinajstić information content (AvgIpc) is 4.08. The lowest BCUT2D eigenvalue weighted by molar-refractivity contribution is 0.0976. The molecule has 0 bridgehead atoms. The maximum atomic E-state index is 14.9. The SMILES string of the molecule is CC(=O)c1nn(-c2ccc(Cl)cc2)cc1C(=O)c1ccc(-n2nc(C(=O)c3cn(-c4ccc(Cl)cc4)nc3C(C)=O)c(C(=O)c3cn(-c4ccc(Cl)cc4)nc3C(C)=O)c2C)cc1. The summed E-state index contributed by atoms with van der Waals surface area (Å²) in [5.74, 6) is -3.49. The number of ketones is 6. The molecule has 14 nitrogen and oxygen atoms in total. The third-order valence-electron chi connectivity index (χ3n) is 10.1. The second kappa shape index (κ2) is 16.8. The van der Waals surface area contributed by atoms with Crippen LogP contribution in [0.4, 0.5) is 0 Å². The van der Waals surface area contributed by atoms with E-state index >= 15 is 0 Å². The molecule has 0 fully saturated rings. The van der Waals surface area contributed by atoms with E-state index in [4.69, 9.17) is 34.8 Å². The summed E-state index contributed by atoms with van der Waals surface area (Å²) >= 11 is 18.3. The molecule has 312 valence electrons. The lowest BCUT2D eigenvalue weighted by Crippen LogP contribution is -2.14. The fourth-order valence-corrected chi connectivity index (χ4v) is 7.31. The zero-order chi connectivity index (χ0) is 44.9. The summed E-state index contributed by atoms with van der Waals surface area (Å²) in [4.78, 5) is 82.2. The van der Waals surface area contributed by atoms with Gasteiger partial charge in [0.25, 0.3) is 0 Å². The predicted octanol–water partition coefficient (Wildman–Crippen LogP) is 9.00. The maximum Gasteiger partial charge on any atom is 0.217 e. The third kappa shape index (κ3) is 8.10. The number of aromatic nitrogens is 8. The number of benzene rings is 4. The number of hydrogen-bond acceptors (Lipinski definition) is 10. The van der Waals surface area contributed by atoms with Gasteiger partial charge < -0.3 is 0 Å². The molecular weight excluding hydrogens is 867 g/mol. The molecule has 8 rings (SSSR count). The van der Waals surface area contributed by atoms with E-state index in [1.165, 1.54) is 70.2 Å². The van der Waals surface area contributed by atoms with Crippen LogP contribution in [0.25, 0.3) is 22.7 Å². The summed E-state index contributed by atoms with van der Waals surface area (Å²) in [5.41, 5.74) is 1.27. The molecule has 4 heterocycles. The Morgan fingerprint density at radius 1 is 0.413 bits per heavy atom. The standard InChI is InChI=1S/C46H31Cl3N8O6/c1-24-39(45(62)37-22-55(51-41(37)26(3)59)33-17-9-30(48)10-18-33)43(46(63)38-23-56(52-42(38)27(4)60)34-19-11-31(49)12-20-34)53-57(24)35-13-5-28(6-14-35)44(61)36-21-54(50-40(36)25(2)58)32-15-7-29(47)8-16-32/h5-23H,1-4H3. The molecule has 4 aromatic carbocycles. The van der Waals surface area contributed by atoms with Crippen LogP contribution in [0.5, 0.6) is 0 Å². The number of carbonyl (C=O) groups is 6. The molecule has 0 saturated heterocycles. The Labute approximate surface area is 373 Å². The molecule has 8 aromatic rings. The maximum absolute atomic E-state index is 14.9. The van der Waals surface area contributed by atoms with Crippen molar-refractivity contribution in [2.24, 2.45) is 0 Å². The highest BCUT2D eigenvalue weighted by atomic mass is 35.5. The Morgan fingerprint density at radius 2 is 0.746 bits per heavy atom. The summed E-state index contributed by atoms with van der Waals surface area (Å²) in [6.45, 7) is 5.41. The topological polar surface area (TPSA) is 174 Å². The predicted molar refractivity (Wildman–Crippen MR) is 234 cm³/mol. The van der Waals surface area contributed by atoms with E-state index in [1.54, 1.807) is 91.9 Å². The van der Waals surface area contributed by atoms with E-state index in [9.17, 15) is 28.8 Å². The largest absolute Gasteiger partial charge is 0.293 e. The van der Waals surface area contributed by atoms with Crippen LogP contribution in [0.15, 0.2) is 116 Å². The molecule has 17 heteroatoms. The number of carbonyl (C=O) groups excluding carboxylic acids is 6. The van der Waals surface area contributed by atoms with Crippen molar-refractivity contribution in [1.82, 2.24) is 39.1 Å². The lowest BCUT2D eigenvalue weighted by atomic mass is 9.96. The molecule has 4 aromatic heterocycles. The van der Waals surface area contributed by atoms with Crippen LogP contribution < -0.4 is 0 Å². The van der Waals surface area contributed by atoms with E-state index in [-0.39, 0.29) is 56.3 Å². The van der Waals surface area contributed by atoms with Gasteiger partial charge in [-0.3, -0.25) is 28.8 Å². The minimum atomic E-state index is -0.804. The van der Waals surface area contributed by atoms with E-state index in [2.05, 4.69) is 20.4 Å². The molecule has 0 aliphatic rings. The second-order valence-corrected chi connectivity index (χ2v) is 15.7. The van der Waals surface area contributed by atoms with Crippen LogP contribution in [0.2, 0.25) is 15.1 Å². The van der Waals surface area contributed by atoms with Crippen molar-refractivity contribution < 1.29 is 28.8 Å². The average molecular weight is 898 g/mol. The van der Waals surface area contributed by atoms with E-state index in [0.29, 0.717) is 37.8 Å². The monoisotopic (exact) mass is 896 g/mol.